The molecule has 1 N–H and O–H groups in total. The van der Waals surface area contributed by atoms with Crippen LogP contribution in [0.5, 0.6) is 5.88 Å². The van der Waals surface area contributed by atoms with Gasteiger partial charge in [0.15, 0.2) is 0 Å². The van der Waals surface area contributed by atoms with E-state index in [1.54, 1.807) is 12.1 Å². The molecule has 0 saturated carbocycles. The smallest absolute Gasteiger partial charge is 0.416 e. The number of hydrogen-bond acceptors (Lipinski definition) is 4. The molecule has 1 aliphatic rings. The van der Waals surface area contributed by atoms with Gasteiger partial charge >= 0.3 is 6.18 Å². The minimum Gasteiger partial charge on any atom is -0.474 e. The number of anilines is 1. The van der Waals surface area contributed by atoms with Crippen molar-refractivity contribution in [2.75, 3.05) is 25.5 Å². The molecule has 1 amide bonds. The van der Waals surface area contributed by atoms with Crippen LogP contribution in [-0.4, -0.2) is 42.0 Å². The summed E-state index contributed by atoms with van der Waals surface area (Å²) in [6, 6.07) is 7.36. The Kier molecular flexibility index (Phi) is 5.65. The highest BCUT2D eigenvalue weighted by Gasteiger charge is 2.30. The molecule has 0 aliphatic carbocycles. The van der Waals surface area contributed by atoms with Crippen molar-refractivity contribution in [1.29, 1.82) is 0 Å². The molecule has 8 heteroatoms. The SMILES string of the molecule is CN1CCC(Oc2ccc(NC(=O)c3ccc(C(F)(F)F)cc3)cn2)CC1. The van der Waals surface area contributed by atoms with Gasteiger partial charge in [0, 0.05) is 24.7 Å². The van der Waals surface area contributed by atoms with Crippen molar-refractivity contribution >= 4 is 11.6 Å². The molecule has 3 rings (SSSR count). The fourth-order valence-corrected chi connectivity index (χ4v) is 2.81. The molecule has 1 saturated heterocycles. The molecule has 0 radical (unpaired) electrons. The summed E-state index contributed by atoms with van der Waals surface area (Å²) in [6.07, 6.45) is -0.967. The number of rotatable bonds is 4. The van der Waals surface area contributed by atoms with Gasteiger partial charge in [0.2, 0.25) is 5.88 Å². The molecule has 0 bridgehead atoms. The lowest BCUT2D eigenvalue weighted by atomic mass is 10.1. The number of carbonyl (C=O) groups excluding carboxylic acids is 1. The molecule has 5 nitrogen and oxygen atoms in total. The third-order valence-corrected chi connectivity index (χ3v) is 4.42. The highest BCUT2D eigenvalue weighted by atomic mass is 19.4. The van der Waals surface area contributed by atoms with Gasteiger partial charge in [-0.15, -0.1) is 0 Å². The zero-order valence-corrected chi connectivity index (χ0v) is 14.8. The summed E-state index contributed by atoms with van der Waals surface area (Å²) in [5.41, 5.74) is -0.221. The number of benzene rings is 1. The Labute approximate surface area is 155 Å². The third kappa shape index (κ3) is 5.19. The molecular weight excluding hydrogens is 359 g/mol. The maximum atomic E-state index is 12.6. The fraction of sp³-hybridized carbons (Fsp3) is 0.368. The second-order valence-electron chi connectivity index (χ2n) is 6.53. The van der Waals surface area contributed by atoms with E-state index in [4.69, 9.17) is 4.74 Å². The van der Waals surface area contributed by atoms with Crippen molar-refractivity contribution in [3.05, 3.63) is 53.7 Å². The molecular formula is C19H20F3N3O2. The summed E-state index contributed by atoms with van der Waals surface area (Å²) in [4.78, 5) is 18.6. The second-order valence-corrected chi connectivity index (χ2v) is 6.53. The Morgan fingerprint density at radius 3 is 2.37 bits per heavy atom. The summed E-state index contributed by atoms with van der Waals surface area (Å²) in [7, 11) is 2.07. The molecule has 0 spiro atoms. The Morgan fingerprint density at radius 2 is 1.81 bits per heavy atom. The number of halogens is 3. The van der Waals surface area contributed by atoms with Crippen molar-refractivity contribution in [3.8, 4) is 5.88 Å². The number of hydrogen-bond donors (Lipinski definition) is 1. The molecule has 27 heavy (non-hydrogen) atoms. The van der Waals surface area contributed by atoms with Crippen LogP contribution in [0.15, 0.2) is 42.6 Å². The monoisotopic (exact) mass is 379 g/mol. The zero-order chi connectivity index (χ0) is 19.4. The minimum atomic E-state index is -4.43. The van der Waals surface area contributed by atoms with Gasteiger partial charge in [-0.25, -0.2) is 4.98 Å². The number of ether oxygens (including phenoxy) is 1. The lowest BCUT2D eigenvalue weighted by Crippen LogP contribution is -2.35. The van der Waals surface area contributed by atoms with Crippen molar-refractivity contribution in [1.82, 2.24) is 9.88 Å². The van der Waals surface area contributed by atoms with E-state index in [9.17, 15) is 18.0 Å². The number of carbonyl (C=O) groups is 1. The summed E-state index contributed by atoms with van der Waals surface area (Å²) >= 11 is 0. The van der Waals surface area contributed by atoms with Crippen LogP contribution in [0.25, 0.3) is 0 Å². The van der Waals surface area contributed by atoms with Crippen LogP contribution in [-0.2, 0) is 6.18 Å². The summed E-state index contributed by atoms with van der Waals surface area (Å²) in [6.45, 7) is 1.96. The van der Waals surface area contributed by atoms with Gasteiger partial charge in [-0.2, -0.15) is 13.2 Å². The van der Waals surface area contributed by atoms with E-state index in [1.807, 2.05) is 0 Å². The Bertz CT molecular complexity index is 768. The number of amides is 1. The van der Waals surface area contributed by atoms with Gasteiger partial charge < -0.3 is 15.0 Å². The molecule has 0 unspecified atom stereocenters. The van der Waals surface area contributed by atoms with Gasteiger partial charge in [0.25, 0.3) is 5.91 Å². The third-order valence-electron chi connectivity index (χ3n) is 4.42. The second kappa shape index (κ2) is 7.96. The van der Waals surface area contributed by atoms with E-state index in [0.717, 1.165) is 50.2 Å². The first-order valence-corrected chi connectivity index (χ1v) is 8.61. The van der Waals surface area contributed by atoms with Gasteiger partial charge in [-0.1, -0.05) is 0 Å². The predicted molar refractivity (Wildman–Crippen MR) is 94.8 cm³/mol. The minimum absolute atomic E-state index is 0.126. The first-order valence-electron chi connectivity index (χ1n) is 8.61. The highest BCUT2D eigenvalue weighted by molar-refractivity contribution is 6.04. The van der Waals surface area contributed by atoms with E-state index in [2.05, 4.69) is 22.2 Å². The van der Waals surface area contributed by atoms with Gasteiger partial charge in [0.05, 0.1) is 17.4 Å². The average molecular weight is 379 g/mol. The van der Waals surface area contributed by atoms with Crippen LogP contribution in [0.4, 0.5) is 18.9 Å². The van der Waals surface area contributed by atoms with Crippen molar-refractivity contribution < 1.29 is 22.7 Å². The van der Waals surface area contributed by atoms with Gasteiger partial charge in [-0.05, 0) is 50.2 Å². The number of nitrogens with zero attached hydrogens (tertiary/aromatic N) is 2. The number of likely N-dealkylation sites (tertiary alicyclic amines) is 1. The predicted octanol–water partition coefficient (Wildman–Crippen LogP) is 3.83. The zero-order valence-electron chi connectivity index (χ0n) is 14.8. The first-order chi connectivity index (χ1) is 12.8. The average Bonchev–Trinajstić information content (AvgIpc) is 2.64. The van der Waals surface area contributed by atoms with E-state index in [1.165, 1.54) is 6.20 Å². The molecule has 1 aromatic heterocycles. The Hall–Kier alpha value is -2.61. The molecule has 1 aromatic carbocycles. The lowest BCUT2D eigenvalue weighted by Gasteiger charge is -2.28. The van der Waals surface area contributed by atoms with Crippen LogP contribution in [0.1, 0.15) is 28.8 Å². The number of aromatic nitrogens is 1. The van der Waals surface area contributed by atoms with Crippen LogP contribution in [0.3, 0.4) is 0 Å². The maximum absolute atomic E-state index is 12.6. The van der Waals surface area contributed by atoms with E-state index < -0.39 is 17.6 Å². The molecule has 1 fully saturated rings. The molecule has 2 aromatic rings. The summed E-state index contributed by atoms with van der Waals surface area (Å²) < 4.78 is 43.5. The van der Waals surface area contributed by atoms with Crippen LogP contribution in [0, 0.1) is 0 Å². The molecule has 144 valence electrons. The van der Waals surface area contributed by atoms with Crippen LogP contribution in [0.2, 0.25) is 0 Å². The molecule has 2 heterocycles. The maximum Gasteiger partial charge on any atom is 0.416 e. The molecule has 1 aliphatic heterocycles. The highest BCUT2D eigenvalue weighted by Crippen LogP contribution is 2.29. The first kappa shape index (κ1) is 19.2. The number of alkyl halides is 3. The van der Waals surface area contributed by atoms with Crippen molar-refractivity contribution in [2.24, 2.45) is 0 Å². The normalized spacial score (nSPS) is 16.1. The van der Waals surface area contributed by atoms with Crippen molar-refractivity contribution in [2.45, 2.75) is 25.1 Å². The Balaban J connectivity index is 1.57. The quantitative estimate of drug-likeness (QED) is 0.877. The lowest BCUT2D eigenvalue weighted by molar-refractivity contribution is -0.137. The largest absolute Gasteiger partial charge is 0.474 e. The van der Waals surface area contributed by atoms with Gasteiger partial charge in [0.1, 0.15) is 6.10 Å². The summed E-state index contributed by atoms with van der Waals surface area (Å²) in [5.74, 6) is -0.0217. The van der Waals surface area contributed by atoms with E-state index in [0.29, 0.717) is 11.6 Å². The number of pyridine rings is 1. The van der Waals surface area contributed by atoms with E-state index in [-0.39, 0.29) is 11.7 Å². The molecule has 0 atom stereocenters. The van der Waals surface area contributed by atoms with Crippen LogP contribution < -0.4 is 10.1 Å². The Morgan fingerprint density at radius 1 is 1.15 bits per heavy atom. The standard InChI is InChI=1S/C19H20F3N3O2/c1-25-10-8-16(9-11-25)27-17-7-6-15(12-23-17)24-18(26)13-2-4-14(5-3-13)19(20,21)22/h2-7,12,16H,8-11H2,1H3,(H,24,26). The topological polar surface area (TPSA) is 54.5 Å². The van der Waals surface area contributed by atoms with Gasteiger partial charge in [-0.3, -0.25) is 4.79 Å². The van der Waals surface area contributed by atoms with E-state index >= 15 is 0 Å². The number of nitrogens with one attached hydrogen (secondary N) is 1. The van der Waals surface area contributed by atoms with Crippen molar-refractivity contribution in [3.63, 3.8) is 0 Å². The number of piperidine rings is 1. The fourth-order valence-electron chi connectivity index (χ4n) is 2.81. The summed E-state index contributed by atoms with van der Waals surface area (Å²) in [5, 5.41) is 2.61. The van der Waals surface area contributed by atoms with Crippen LogP contribution >= 0.6 is 0 Å².